The SMILES string of the molecule is O=C(Cc1cccc2ccccc12)Nc1ccccc1C(=O)OCc1nc2cc(Cl)ccc2c(=O)[nH]1. The minimum atomic E-state index is -0.662. The van der Waals surface area contributed by atoms with Crippen LogP contribution < -0.4 is 10.9 Å². The van der Waals surface area contributed by atoms with E-state index in [1.54, 1.807) is 42.5 Å². The van der Waals surface area contributed by atoms with E-state index in [4.69, 9.17) is 16.3 Å². The minimum absolute atomic E-state index is 0.148. The molecule has 0 saturated carbocycles. The molecule has 5 aromatic rings. The third-order valence-corrected chi connectivity index (χ3v) is 5.94. The third kappa shape index (κ3) is 4.96. The number of benzene rings is 4. The van der Waals surface area contributed by atoms with Crippen molar-refractivity contribution in [3.63, 3.8) is 0 Å². The molecule has 0 radical (unpaired) electrons. The molecule has 8 heteroatoms. The number of para-hydroxylation sites is 1. The first-order chi connectivity index (χ1) is 17.5. The molecule has 1 heterocycles. The molecule has 2 N–H and O–H groups in total. The van der Waals surface area contributed by atoms with E-state index in [9.17, 15) is 14.4 Å². The summed E-state index contributed by atoms with van der Waals surface area (Å²) in [5, 5.41) is 5.69. The van der Waals surface area contributed by atoms with Crippen LogP contribution in [0.5, 0.6) is 0 Å². The van der Waals surface area contributed by atoms with Gasteiger partial charge in [-0.1, -0.05) is 66.2 Å². The number of halogens is 1. The number of rotatable bonds is 6. The summed E-state index contributed by atoms with van der Waals surface area (Å²) >= 11 is 6.00. The quantitative estimate of drug-likeness (QED) is 0.311. The minimum Gasteiger partial charge on any atom is -0.454 e. The molecule has 1 aromatic heterocycles. The maximum Gasteiger partial charge on any atom is 0.340 e. The number of amides is 1. The van der Waals surface area contributed by atoms with Crippen LogP contribution in [0.1, 0.15) is 21.7 Å². The molecule has 36 heavy (non-hydrogen) atoms. The van der Waals surface area contributed by atoms with Gasteiger partial charge < -0.3 is 15.0 Å². The van der Waals surface area contributed by atoms with Gasteiger partial charge in [-0.25, -0.2) is 9.78 Å². The fourth-order valence-electron chi connectivity index (χ4n) is 4.03. The zero-order valence-corrected chi connectivity index (χ0v) is 19.7. The number of H-pyrrole nitrogens is 1. The first-order valence-electron chi connectivity index (χ1n) is 11.2. The maximum atomic E-state index is 12.8. The number of ether oxygens (including phenoxy) is 1. The second-order valence-electron chi connectivity index (χ2n) is 8.16. The monoisotopic (exact) mass is 497 g/mol. The van der Waals surface area contributed by atoms with Crippen molar-refractivity contribution in [3.05, 3.63) is 117 Å². The molecule has 7 nitrogen and oxygen atoms in total. The van der Waals surface area contributed by atoms with Crippen LogP contribution >= 0.6 is 11.6 Å². The highest BCUT2D eigenvalue weighted by atomic mass is 35.5. The molecule has 0 aliphatic carbocycles. The summed E-state index contributed by atoms with van der Waals surface area (Å²) in [6, 6.07) is 25.0. The van der Waals surface area contributed by atoms with Gasteiger partial charge in [0.2, 0.25) is 5.91 Å². The van der Waals surface area contributed by atoms with Crippen molar-refractivity contribution < 1.29 is 14.3 Å². The van der Waals surface area contributed by atoms with Crippen molar-refractivity contribution in [2.75, 3.05) is 5.32 Å². The number of fused-ring (bicyclic) bond motifs is 2. The van der Waals surface area contributed by atoms with Crippen molar-refractivity contribution in [1.29, 1.82) is 0 Å². The van der Waals surface area contributed by atoms with Crippen molar-refractivity contribution in [3.8, 4) is 0 Å². The van der Waals surface area contributed by atoms with E-state index in [1.165, 1.54) is 0 Å². The molecule has 1 amide bonds. The number of carbonyl (C=O) groups excluding carboxylic acids is 2. The molecular weight excluding hydrogens is 478 g/mol. The Bertz CT molecular complexity index is 1670. The number of esters is 1. The summed E-state index contributed by atoms with van der Waals surface area (Å²) < 4.78 is 5.39. The Morgan fingerprint density at radius 3 is 2.58 bits per heavy atom. The molecule has 0 aliphatic rings. The molecule has 4 aromatic carbocycles. The highest BCUT2D eigenvalue weighted by Gasteiger charge is 2.16. The molecule has 0 bridgehead atoms. The van der Waals surface area contributed by atoms with Crippen LogP contribution in [0.2, 0.25) is 5.02 Å². The molecular formula is C28H20ClN3O4. The smallest absolute Gasteiger partial charge is 0.340 e. The molecule has 5 rings (SSSR count). The van der Waals surface area contributed by atoms with Gasteiger partial charge in [-0.15, -0.1) is 0 Å². The summed E-state index contributed by atoms with van der Waals surface area (Å²) in [7, 11) is 0. The van der Waals surface area contributed by atoms with Crippen molar-refractivity contribution in [2.24, 2.45) is 0 Å². The van der Waals surface area contributed by atoms with E-state index in [2.05, 4.69) is 15.3 Å². The lowest BCUT2D eigenvalue weighted by molar-refractivity contribution is -0.115. The zero-order valence-electron chi connectivity index (χ0n) is 19.0. The summed E-state index contributed by atoms with van der Waals surface area (Å²) in [6.07, 6.45) is 0.148. The van der Waals surface area contributed by atoms with E-state index in [0.717, 1.165) is 16.3 Å². The van der Waals surface area contributed by atoms with Gasteiger partial charge in [0.1, 0.15) is 12.4 Å². The van der Waals surface area contributed by atoms with Crippen molar-refractivity contribution in [2.45, 2.75) is 13.0 Å². The number of hydrogen-bond donors (Lipinski definition) is 2. The highest BCUT2D eigenvalue weighted by molar-refractivity contribution is 6.31. The normalized spacial score (nSPS) is 10.9. The van der Waals surface area contributed by atoms with Gasteiger partial charge in [0.05, 0.1) is 28.6 Å². The Balaban J connectivity index is 1.30. The third-order valence-electron chi connectivity index (χ3n) is 5.71. The molecule has 178 valence electrons. The number of nitrogens with one attached hydrogen (secondary N) is 2. The van der Waals surface area contributed by atoms with E-state index in [0.29, 0.717) is 21.6 Å². The van der Waals surface area contributed by atoms with Crippen molar-refractivity contribution >= 4 is 50.8 Å². The Labute approximate surface area is 210 Å². The predicted molar refractivity (Wildman–Crippen MR) is 139 cm³/mol. The molecule has 0 saturated heterocycles. The number of nitrogens with zero attached hydrogens (tertiary/aromatic N) is 1. The van der Waals surface area contributed by atoms with Gasteiger partial charge in [0, 0.05) is 5.02 Å². The molecule has 0 fully saturated rings. The molecule has 0 atom stereocenters. The summed E-state index contributed by atoms with van der Waals surface area (Å²) in [5.41, 5.74) is 1.45. The molecule has 0 unspecified atom stereocenters. The average molecular weight is 498 g/mol. The largest absolute Gasteiger partial charge is 0.454 e. The Morgan fingerprint density at radius 2 is 1.69 bits per heavy atom. The van der Waals surface area contributed by atoms with Gasteiger partial charge in [0.25, 0.3) is 5.56 Å². The van der Waals surface area contributed by atoms with Crippen LogP contribution in [0.25, 0.3) is 21.7 Å². The number of aromatic amines is 1. The second-order valence-corrected chi connectivity index (χ2v) is 8.60. The Hall–Kier alpha value is -4.49. The standard InChI is InChI=1S/C28H20ClN3O4/c29-19-12-13-21-24(15-19)30-25(32-27(21)34)16-36-28(35)22-10-3-4-11-23(22)31-26(33)14-18-8-5-7-17-6-1-2-9-20(17)18/h1-13,15H,14,16H2,(H,31,33)(H,30,32,34). The van der Waals surface area contributed by atoms with Crippen LogP contribution in [0, 0.1) is 0 Å². The van der Waals surface area contributed by atoms with Gasteiger partial charge in [-0.3, -0.25) is 9.59 Å². The summed E-state index contributed by atoms with van der Waals surface area (Å²) in [5.74, 6) is -0.741. The number of carbonyl (C=O) groups is 2. The van der Waals surface area contributed by atoms with Crippen LogP contribution in [-0.2, 0) is 22.6 Å². The Kier molecular flexibility index (Phi) is 6.47. The van der Waals surface area contributed by atoms with E-state index in [1.807, 2.05) is 42.5 Å². The first kappa shape index (κ1) is 23.3. The van der Waals surface area contributed by atoms with Gasteiger partial charge in [-0.05, 0) is 46.7 Å². The topological polar surface area (TPSA) is 101 Å². The number of aromatic nitrogens is 2. The fraction of sp³-hybridized carbons (Fsp3) is 0.0714. The number of hydrogen-bond acceptors (Lipinski definition) is 5. The van der Waals surface area contributed by atoms with Crippen LogP contribution in [0.15, 0.2) is 89.7 Å². The van der Waals surface area contributed by atoms with Gasteiger partial charge >= 0.3 is 5.97 Å². The van der Waals surface area contributed by atoms with Crippen LogP contribution in [-0.4, -0.2) is 21.8 Å². The average Bonchev–Trinajstić information content (AvgIpc) is 2.87. The summed E-state index contributed by atoms with van der Waals surface area (Å²) in [4.78, 5) is 44.9. The number of anilines is 1. The highest BCUT2D eigenvalue weighted by Crippen LogP contribution is 2.21. The summed E-state index contributed by atoms with van der Waals surface area (Å²) in [6.45, 7) is -0.255. The van der Waals surface area contributed by atoms with E-state index < -0.39 is 5.97 Å². The first-order valence-corrected chi connectivity index (χ1v) is 11.6. The lowest BCUT2D eigenvalue weighted by Crippen LogP contribution is -2.18. The van der Waals surface area contributed by atoms with Crippen molar-refractivity contribution in [1.82, 2.24) is 9.97 Å². The lowest BCUT2D eigenvalue weighted by Gasteiger charge is -2.12. The predicted octanol–water partition coefficient (Wildman–Crippen LogP) is 5.27. The molecule has 0 spiro atoms. The van der Waals surface area contributed by atoms with Gasteiger partial charge in [0.15, 0.2) is 0 Å². The Morgan fingerprint density at radius 1 is 0.917 bits per heavy atom. The fourth-order valence-corrected chi connectivity index (χ4v) is 4.19. The van der Waals surface area contributed by atoms with E-state index in [-0.39, 0.29) is 35.9 Å². The van der Waals surface area contributed by atoms with E-state index >= 15 is 0 Å². The maximum absolute atomic E-state index is 12.8. The second kappa shape index (κ2) is 10.0. The van der Waals surface area contributed by atoms with Gasteiger partial charge in [-0.2, -0.15) is 0 Å². The zero-order chi connectivity index (χ0) is 25.1. The molecule has 0 aliphatic heterocycles. The van der Waals surface area contributed by atoms with Crippen LogP contribution in [0.4, 0.5) is 5.69 Å². The van der Waals surface area contributed by atoms with Crippen LogP contribution in [0.3, 0.4) is 0 Å². The lowest BCUT2D eigenvalue weighted by atomic mass is 10.0.